The molecule has 1 aliphatic rings. The van der Waals surface area contributed by atoms with Gasteiger partial charge in [-0.05, 0) is 49.2 Å². The zero-order valence-corrected chi connectivity index (χ0v) is 25.2. The van der Waals surface area contributed by atoms with Crippen molar-refractivity contribution in [3.63, 3.8) is 0 Å². The standard InChI is InChI=1S/C33H34F2N4O2S/c1-20-10-15-26(21(2)16-20)39-32-29(31(37-39)33(3,4)5)30(24-8-6-7-9-25(24)35)42-19-28(41)38(32)18-27(40)36-17-22-11-13-23(34)14-12-22/h6-16,30H,17-19H2,1-5H3,(H,36,40)/t30-/m1/s1. The van der Waals surface area contributed by atoms with Crippen LogP contribution in [-0.4, -0.2) is 33.9 Å². The maximum atomic E-state index is 15.3. The zero-order valence-electron chi connectivity index (χ0n) is 24.4. The molecule has 9 heteroatoms. The number of fused-ring (bicyclic) bond motifs is 1. The third kappa shape index (κ3) is 5.97. The minimum atomic E-state index is -0.522. The topological polar surface area (TPSA) is 67.2 Å². The van der Waals surface area contributed by atoms with Crippen molar-refractivity contribution in [2.24, 2.45) is 0 Å². The Kier molecular flexibility index (Phi) is 8.23. The number of thioether (sulfide) groups is 1. The molecule has 0 unspecified atom stereocenters. The lowest BCUT2D eigenvalue weighted by Gasteiger charge is -2.25. The molecular weight excluding hydrogens is 554 g/mol. The SMILES string of the molecule is Cc1ccc(-n2nc(C(C)(C)C)c3c2N(CC(=O)NCc2ccc(F)cc2)C(=O)CS[C@@H]3c2ccccc2F)c(C)c1. The molecule has 0 aliphatic carbocycles. The Labute approximate surface area is 249 Å². The number of hydrogen-bond acceptors (Lipinski definition) is 4. The van der Waals surface area contributed by atoms with Gasteiger partial charge in [0.15, 0.2) is 0 Å². The van der Waals surface area contributed by atoms with E-state index in [1.807, 2.05) is 52.8 Å². The van der Waals surface area contributed by atoms with Gasteiger partial charge in [0.2, 0.25) is 11.8 Å². The van der Waals surface area contributed by atoms with Gasteiger partial charge in [0.25, 0.3) is 0 Å². The second-order valence-corrected chi connectivity index (χ2v) is 12.7. The highest BCUT2D eigenvalue weighted by Crippen LogP contribution is 2.49. The van der Waals surface area contributed by atoms with Crippen molar-refractivity contribution in [3.8, 4) is 5.69 Å². The molecule has 1 aliphatic heterocycles. The molecule has 0 saturated heterocycles. The zero-order chi connectivity index (χ0) is 30.2. The first-order valence-corrected chi connectivity index (χ1v) is 14.9. The van der Waals surface area contributed by atoms with Gasteiger partial charge in [0.1, 0.15) is 24.0 Å². The molecule has 4 aromatic rings. The third-order valence-electron chi connectivity index (χ3n) is 7.27. The van der Waals surface area contributed by atoms with Crippen LogP contribution < -0.4 is 10.2 Å². The molecule has 6 nitrogen and oxygen atoms in total. The quantitative estimate of drug-likeness (QED) is 0.277. The summed E-state index contributed by atoms with van der Waals surface area (Å²) in [5.41, 5.74) is 4.99. The minimum absolute atomic E-state index is 0.0510. The molecule has 1 atom stereocenters. The highest BCUT2D eigenvalue weighted by atomic mass is 32.2. The van der Waals surface area contributed by atoms with E-state index in [0.717, 1.165) is 33.6 Å². The van der Waals surface area contributed by atoms with Gasteiger partial charge < -0.3 is 5.32 Å². The fourth-order valence-corrected chi connectivity index (χ4v) is 6.44. The number of amides is 2. The largest absolute Gasteiger partial charge is 0.350 e. The Morgan fingerprint density at radius 2 is 1.76 bits per heavy atom. The van der Waals surface area contributed by atoms with Gasteiger partial charge in [0.05, 0.1) is 22.4 Å². The van der Waals surface area contributed by atoms with Crippen LogP contribution in [0.1, 0.15) is 59.5 Å². The van der Waals surface area contributed by atoms with Gasteiger partial charge in [0, 0.05) is 23.1 Å². The maximum Gasteiger partial charge on any atom is 0.240 e. The average Bonchev–Trinajstić information content (AvgIpc) is 3.26. The van der Waals surface area contributed by atoms with E-state index in [1.165, 1.54) is 34.9 Å². The number of carbonyl (C=O) groups excluding carboxylic acids is 2. The Hall–Kier alpha value is -3.98. The summed E-state index contributed by atoms with van der Waals surface area (Å²) < 4.78 is 30.4. The van der Waals surface area contributed by atoms with E-state index in [1.54, 1.807) is 35.0 Å². The molecule has 3 aromatic carbocycles. The van der Waals surface area contributed by atoms with Crippen LogP contribution in [0, 0.1) is 25.5 Å². The third-order valence-corrected chi connectivity index (χ3v) is 8.51. The molecule has 218 valence electrons. The van der Waals surface area contributed by atoms with Crippen LogP contribution in [0.4, 0.5) is 14.6 Å². The molecule has 42 heavy (non-hydrogen) atoms. The van der Waals surface area contributed by atoms with Gasteiger partial charge in [-0.2, -0.15) is 5.10 Å². The number of carbonyl (C=O) groups is 2. The molecule has 0 radical (unpaired) electrons. The number of benzene rings is 3. The summed E-state index contributed by atoms with van der Waals surface area (Å²) in [5, 5.41) is 7.42. The number of anilines is 1. The number of halogens is 2. The van der Waals surface area contributed by atoms with Gasteiger partial charge >= 0.3 is 0 Å². The number of aromatic nitrogens is 2. The van der Waals surface area contributed by atoms with Crippen LogP contribution >= 0.6 is 11.8 Å². The average molecular weight is 589 g/mol. The van der Waals surface area contributed by atoms with Crippen molar-refractivity contribution >= 4 is 29.4 Å². The van der Waals surface area contributed by atoms with Crippen molar-refractivity contribution in [2.75, 3.05) is 17.2 Å². The summed E-state index contributed by atoms with van der Waals surface area (Å²) in [5.74, 6) is -0.855. The first-order valence-electron chi connectivity index (χ1n) is 13.8. The fourth-order valence-electron chi connectivity index (χ4n) is 5.22. The molecular formula is C33H34F2N4O2S. The van der Waals surface area contributed by atoms with Crippen LogP contribution in [0.5, 0.6) is 0 Å². The fraction of sp³-hybridized carbons (Fsp3) is 0.303. The molecule has 0 bridgehead atoms. The van der Waals surface area contributed by atoms with E-state index in [4.69, 9.17) is 5.10 Å². The van der Waals surface area contributed by atoms with E-state index < -0.39 is 10.7 Å². The highest BCUT2D eigenvalue weighted by molar-refractivity contribution is 8.00. The molecule has 1 aromatic heterocycles. The Bertz CT molecular complexity index is 1640. The normalized spacial score (nSPS) is 15.4. The summed E-state index contributed by atoms with van der Waals surface area (Å²) in [4.78, 5) is 28.6. The van der Waals surface area contributed by atoms with E-state index in [-0.39, 0.29) is 42.3 Å². The van der Waals surface area contributed by atoms with Crippen LogP contribution in [0.3, 0.4) is 0 Å². The first-order chi connectivity index (χ1) is 19.9. The number of hydrogen-bond donors (Lipinski definition) is 1. The van der Waals surface area contributed by atoms with Crippen molar-refractivity contribution < 1.29 is 18.4 Å². The monoisotopic (exact) mass is 588 g/mol. The first kappa shape index (κ1) is 29.5. The number of nitrogens with zero attached hydrogens (tertiary/aromatic N) is 3. The molecule has 0 saturated carbocycles. The van der Waals surface area contributed by atoms with Crippen LogP contribution in [0.15, 0.2) is 66.7 Å². The Balaban J connectivity index is 1.66. The molecule has 2 heterocycles. The van der Waals surface area contributed by atoms with E-state index in [0.29, 0.717) is 11.4 Å². The van der Waals surface area contributed by atoms with Crippen molar-refractivity contribution in [3.05, 3.63) is 112 Å². The number of rotatable bonds is 6. The number of nitrogens with one attached hydrogen (secondary N) is 1. The van der Waals surface area contributed by atoms with E-state index in [2.05, 4.69) is 5.32 Å². The molecule has 5 rings (SSSR count). The lowest BCUT2D eigenvalue weighted by Crippen LogP contribution is -2.42. The van der Waals surface area contributed by atoms with Gasteiger partial charge in [-0.15, -0.1) is 11.8 Å². The van der Waals surface area contributed by atoms with Crippen molar-refractivity contribution in [1.82, 2.24) is 15.1 Å². The van der Waals surface area contributed by atoms with Gasteiger partial charge in [-0.3, -0.25) is 14.5 Å². The Morgan fingerprint density at radius 1 is 1.05 bits per heavy atom. The second-order valence-electron chi connectivity index (χ2n) is 11.6. The molecule has 1 N–H and O–H groups in total. The van der Waals surface area contributed by atoms with E-state index >= 15 is 4.39 Å². The Morgan fingerprint density at radius 3 is 2.43 bits per heavy atom. The predicted octanol–water partition coefficient (Wildman–Crippen LogP) is 6.55. The maximum absolute atomic E-state index is 15.3. The minimum Gasteiger partial charge on any atom is -0.350 e. The van der Waals surface area contributed by atoms with Gasteiger partial charge in [-0.1, -0.05) is 68.8 Å². The predicted molar refractivity (Wildman–Crippen MR) is 163 cm³/mol. The molecule has 2 amide bonds. The van der Waals surface area contributed by atoms with Crippen LogP contribution in [-0.2, 0) is 21.5 Å². The summed E-state index contributed by atoms with van der Waals surface area (Å²) >= 11 is 1.34. The molecule has 0 fully saturated rings. The lowest BCUT2D eigenvalue weighted by molar-refractivity contribution is -0.123. The number of aryl methyl sites for hydroxylation is 2. The van der Waals surface area contributed by atoms with Crippen molar-refractivity contribution in [2.45, 2.75) is 51.8 Å². The van der Waals surface area contributed by atoms with Crippen molar-refractivity contribution in [1.29, 1.82) is 0 Å². The smallest absolute Gasteiger partial charge is 0.240 e. The lowest BCUT2D eigenvalue weighted by atomic mass is 9.87. The summed E-state index contributed by atoms with van der Waals surface area (Å²) in [6.07, 6.45) is 0. The van der Waals surface area contributed by atoms with E-state index in [9.17, 15) is 14.0 Å². The summed E-state index contributed by atoms with van der Waals surface area (Å²) in [7, 11) is 0. The second kappa shape index (κ2) is 11.7. The summed E-state index contributed by atoms with van der Waals surface area (Å²) in [6, 6.07) is 18.5. The van der Waals surface area contributed by atoms with Crippen LogP contribution in [0.25, 0.3) is 5.69 Å². The summed E-state index contributed by atoms with van der Waals surface area (Å²) in [6.45, 7) is 10.0. The molecule has 0 spiro atoms. The van der Waals surface area contributed by atoms with Gasteiger partial charge in [-0.25, -0.2) is 13.5 Å². The highest BCUT2D eigenvalue weighted by Gasteiger charge is 2.40. The van der Waals surface area contributed by atoms with Crippen LogP contribution in [0.2, 0.25) is 0 Å².